The molecule has 2 atom stereocenters. The molecule has 0 saturated heterocycles. The van der Waals surface area contributed by atoms with Gasteiger partial charge in [0.2, 0.25) is 0 Å². The molecular weight excluding hydrogens is 362 g/mol. The molecule has 0 aliphatic carbocycles. The second-order valence-corrected chi connectivity index (χ2v) is 9.04. The zero-order valence-corrected chi connectivity index (χ0v) is 16.9. The third-order valence-electron chi connectivity index (χ3n) is 4.94. The van der Waals surface area contributed by atoms with Crippen LogP contribution in [-0.4, -0.2) is 30.6 Å². The van der Waals surface area contributed by atoms with Gasteiger partial charge in [0.15, 0.2) is 4.90 Å². The zero-order valence-electron chi connectivity index (χ0n) is 16.1. The summed E-state index contributed by atoms with van der Waals surface area (Å²) in [5, 5.41) is 12.2. The maximum Gasteiger partial charge on any atom is 0.152 e. The minimum Gasteiger partial charge on any atom is -0.629 e. The van der Waals surface area contributed by atoms with E-state index < -0.39 is 11.2 Å². The number of unbranched alkanes of at least 4 members (excludes halogenated alkanes) is 1. The number of ether oxygens (including phenoxy) is 2. The molecule has 2 unspecified atom stereocenters. The van der Waals surface area contributed by atoms with Gasteiger partial charge in [0.25, 0.3) is 0 Å². The van der Waals surface area contributed by atoms with Crippen LogP contribution >= 0.6 is 0 Å². The Balaban J connectivity index is 1.44. The van der Waals surface area contributed by atoms with Crippen LogP contribution in [0.4, 0.5) is 5.69 Å². The summed E-state index contributed by atoms with van der Waals surface area (Å²) in [6.45, 7) is 5.32. The minimum atomic E-state index is -1.00. The number of fused-ring (bicyclic) bond motifs is 1. The van der Waals surface area contributed by atoms with E-state index in [0.717, 1.165) is 40.5 Å². The third kappa shape index (κ3) is 4.76. The lowest BCUT2D eigenvalue weighted by Crippen LogP contribution is -3.01. The molecule has 0 amide bonds. The summed E-state index contributed by atoms with van der Waals surface area (Å²) in [6, 6.07) is 13.1. The molecule has 0 bridgehead atoms. The molecule has 1 N–H and O–H groups in total. The SMILES string of the molecule is COc1ccc([S+]([O-])CCCCOc2ccc3c(c2)C(C)(C)C[NH+]3[O-])cc1. The first kappa shape index (κ1) is 20.0. The topological polar surface area (TPSA) is 69.0 Å². The normalized spacial score (nSPS) is 18.8. The molecule has 0 spiro atoms. The van der Waals surface area contributed by atoms with Crippen LogP contribution in [0.1, 0.15) is 32.3 Å². The first-order valence-electron chi connectivity index (χ1n) is 9.24. The van der Waals surface area contributed by atoms with Crippen molar-refractivity contribution in [2.75, 3.05) is 26.0 Å². The molecule has 1 aliphatic rings. The second kappa shape index (κ2) is 8.52. The highest BCUT2D eigenvalue weighted by Gasteiger charge is 2.36. The quantitative estimate of drug-likeness (QED) is 0.428. The fourth-order valence-electron chi connectivity index (χ4n) is 3.38. The predicted octanol–water partition coefficient (Wildman–Crippen LogP) is 2.97. The molecule has 0 radical (unpaired) electrons. The largest absolute Gasteiger partial charge is 0.629 e. The average Bonchev–Trinajstić information content (AvgIpc) is 2.89. The van der Waals surface area contributed by atoms with Crippen molar-refractivity contribution in [3.05, 3.63) is 53.2 Å². The fraction of sp³-hybridized carbons (Fsp3) is 0.429. The Labute approximate surface area is 164 Å². The molecule has 1 aliphatic heterocycles. The summed E-state index contributed by atoms with van der Waals surface area (Å²) in [6.07, 6.45) is 1.66. The minimum absolute atomic E-state index is 0.124. The van der Waals surface area contributed by atoms with E-state index in [4.69, 9.17) is 9.47 Å². The van der Waals surface area contributed by atoms with Gasteiger partial charge in [-0.25, -0.2) is 0 Å². The number of hydrogen-bond acceptors (Lipinski definition) is 4. The molecule has 6 heteroatoms. The lowest BCUT2D eigenvalue weighted by atomic mass is 9.87. The Bertz CT molecular complexity index is 763. The number of benzene rings is 2. The first-order valence-corrected chi connectivity index (χ1v) is 10.6. The van der Waals surface area contributed by atoms with E-state index in [1.54, 1.807) is 7.11 Å². The van der Waals surface area contributed by atoms with Crippen LogP contribution in [0.2, 0.25) is 0 Å². The number of nitrogens with one attached hydrogen (secondary N) is 1. The number of hydrogen-bond donors (Lipinski definition) is 1. The Morgan fingerprint density at radius 2 is 1.78 bits per heavy atom. The smallest absolute Gasteiger partial charge is 0.152 e. The molecule has 0 fully saturated rings. The summed E-state index contributed by atoms with van der Waals surface area (Å²) in [5.74, 6) is 2.18. The van der Waals surface area contributed by atoms with Crippen LogP contribution in [0.15, 0.2) is 47.4 Å². The van der Waals surface area contributed by atoms with Gasteiger partial charge in [-0.2, -0.15) is 0 Å². The van der Waals surface area contributed by atoms with Crippen molar-refractivity contribution in [3.63, 3.8) is 0 Å². The summed E-state index contributed by atoms with van der Waals surface area (Å²) < 4.78 is 23.3. The van der Waals surface area contributed by atoms with Gasteiger partial charge >= 0.3 is 0 Å². The molecule has 5 nitrogen and oxygen atoms in total. The van der Waals surface area contributed by atoms with Crippen molar-refractivity contribution in [2.45, 2.75) is 37.0 Å². The standard InChI is InChI=1S/C21H27NO4S/c1-21(2)15-22(23)20-11-8-17(14-19(20)21)26-12-4-5-13-27(24)18-9-6-16(25-3)7-10-18/h6-11,14,22H,4-5,12-13,15H2,1-3H3. The van der Waals surface area contributed by atoms with E-state index >= 15 is 0 Å². The van der Waals surface area contributed by atoms with Crippen molar-refractivity contribution in [2.24, 2.45) is 0 Å². The zero-order chi connectivity index (χ0) is 19.4. The monoisotopic (exact) mass is 389 g/mol. The van der Waals surface area contributed by atoms with Gasteiger partial charge in [-0.15, -0.1) is 0 Å². The fourth-order valence-corrected chi connectivity index (χ4v) is 4.52. The van der Waals surface area contributed by atoms with Gasteiger partial charge in [-0.1, -0.05) is 13.8 Å². The molecule has 2 aromatic rings. The van der Waals surface area contributed by atoms with Gasteiger partial charge in [-0.3, -0.25) is 0 Å². The summed E-state index contributed by atoms with van der Waals surface area (Å²) >= 11 is -1.00. The molecule has 0 saturated carbocycles. The van der Waals surface area contributed by atoms with Gasteiger partial charge in [0.1, 0.15) is 22.9 Å². The molecule has 1 heterocycles. The molecular formula is C21H27NO4S. The summed E-state index contributed by atoms with van der Waals surface area (Å²) in [7, 11) is 1.62. The van der Waals surface area contributed by atoms with Crippen molar-refractivity contribution in [1.29, 1.82) is 0 Å². The maximum absolute atomic E-state index is 12.3. The lowest BCUT2D eigenvalue weighted by molar-refractivity contribution is -0.773. The molecule has 0 aromatic heterocycles. The second-order valence-electron chi connectivity index (χ2n) is 7.47. The number of methoxy groups -OCH3 is 1. The van der Waals surface area contributed by atoms with Gasteiger partial charge < -0.3 is 24.3 Å². The Morgan fingerprint density at radius 3 is 2.48 bits per heavy atom. The number of hydroxylamine groups is 1. The van der Waals surface area contributed by atoms with E-state index in [1.165, 1.54) is 0 Å². The van der Waals surface area contributed by atoms with E-state index in [2.05, 4.69) is 13.8 Å². The molecule has 146 valence electrons. The van der Waals surface area contributed by atoms with Crippen LogP contribution in [0, 0.1) is 5.21 Å². The van der Waals surface area contributed by atoms with Crippen LogP contribution in [0.5, 0.6) is 11.5 Å². The van der Waals surface area contributed by atoms with E-state index in [0.29, 0.717) is 18.9 Å². The van der Waals surface area contributed by atoms with Gasteiger partial charge in [-0.05, 0) is 60.4 Å². The number of rotatable bonds is 8. The lowest BCUT2D eigenvalue weighted by Gasteiger charge is -2.18. The Morgan fingerprint density at radius 1 is 1.07 bits per heavy atom. The van der Waals surface area contributed by atoms with Crippen LogP contribution < -0.4 is 14.5 Å². The molecule has 2 aromatic carbocycles. The number of quaternary nitrogens is 1. The predicted molar refractivity (Wildman–Crippen MR) is 107 cm³/mol. The summed E-state index contributed by atoms with van der Waals surface area (Å²) in [4.78, 5) is 0.822. The highest BCUT2D eigenvalue weighted by atomic mass is 32.2. The van der Waals surface area contributed by atoms with Crippen molar-refractivity contribution in [3.8, 4) is 11.5 Å². The first-order chi connectivity index (χ1) is 12.9. The van der Waals surface area contributed by atoms with Gasteiger partial charge in [0.05, 0.1) is 20.3 Å². The summed E-state index contributed by atoms with van der Waals surface area (Å²) in [5.41, 5.74) is 1.77. The highest BCUT2D eigenvalue weighted by molar-refractivity contribution is 7.91. The van der Waals surface area contributed by atoms with Crippen molar-refractivity contribution in [1.82, 2.24) is 0 Å². The average molecular weight is 390 g/mol. The van der Waals surface area contributed by atoms with E-state index in [9.17, 15) is 9.76 Å². The van der Waals surface area contributed by atoms with Crippen LogP contribution in [0.25, 0.3) is 0 Å². The molecule has 27 heavy (non-hydrogen) atoms. The third-order valence-corrected chi connectivity index (χ3v) is 6.40. The van der Waals surface area contributed by atoms with Crippen molar-refractivity contribution >= 4 is 16.9 Å². The highest BCUT2D eigenvalue weighted by Crippen LogP contribution is 2.34. The Kier molecular flexibility index (Phi) is 6.32. The van der Waals surface area contributed by atoms with Crippen LogP contribution in [0.3, 0.4) is 0 Å². The Hall–Kier alpha value is -1.73. The van der Waals surface area contributed by atoms with E-state index in [1.807, 2.05) is 42.5 Å². The maximum atomic E-state index is 12.3. The van der Waals surface area contributed by atoms with Crippen molar-refractivity contribution < 1.29 is 19.1 Å². The molecule has 3 rings (SSSR count). The van der Waals surface area contributed by atoms with Crippen LogP contribution in [-0.2, 0) is 16.6 Å². The van der Waals surface area contributed by atoms with E-state index in [-0.39, 0.29) is 10.5 Å². The van der Waals surface area contributed by atoms with Gasteiger partial charge in [0, 0.05) is 17.0 Å².